The van der Waals surface area contributed by atoms with Gasteiger partial charge >= 0.3 is 5.97 Å². The quantitative estimate of drug-likeness (QED) is 0.726. The van der Waals surface area contributed by atoms with E-state index in [4.69, 9.17) is 13.7 Å². The second kappa shape index (κ2) is 7.22. The monoisotopic (exact) mass is 307 g/mol. The molecule has 0 saturated carbocycles. The molecule has 0 saturated heterocycles. The Balaban J connectivity index is 1.96. The molecular weight excluding hydrogens is 286 g/mol. The average molecular weight is 307 g/mol. The van der Waals surface area contributed by atoms with Gasteiger partial charge in [0.15, 0.2) is 5.82 Å². The third-order valence-corrected chi connectivity index (χ3v) is 3.19. The minimum absolute atomic E-state index is 0.392. The van der Waals surface area contributed by atoms with Crippen molar-refractivity contribution in [3.8, 4) is 0 Å². The molecule has 22 heavy (non-hydrogen) atoms. The number of carbonyl (C=O) groups is 1. The maximum absolute atomic E-state index is 11.6. The van der Waals surface area contributed by atoms with Crippen LogP contribution < -0.4 is 0 Å². The van der Waals surface area contributed by atoms with Crippen molar-refractivity contribution >= 4 is 5.97 Å². The fourth-order valence-corrected chi connectivity index (χ4v) is 2.17. The SMILES string of the molecule is CCCc1noc(CN(C)Cc2cc(C(=O)OC)c(C)o2)n1. The molecule has 0 unspecified atom stereocenters. The number of nitrogens with zero attached hydrogens (tertiary/aromatic N) is 3. The number of aromatic nitrogens is 2. The molecule has 7 heteroatoms. The Morgan fingerprint density at radius 1 is 1.41 bits per heavy atom. The molecule has 2 heterocycles. The van der Waals surface area contributed by atoms with Crippen LogP contribution >= 0.6 is 0 Å². The number of ether oxygens (including phenoxy) is 1. The van der Waals surface area contributed by atoms with Gasteiger partial charge in [-0.2, -0.15) is 4.98 Å². The van der Waals surface area contributed by atoms with Gasteiger partial charge in [0.1, 0.15) is 17.1 Å². The Bertz CT molecular complexity index is 633. The Kier molecular flexibility index (Phi) is 5.32. The molecule has 7 nitrogen and oxygen atoms in total. The molecule has 0 aromatic carbocycles. The standard InChI is InChI=1S/C15H21N3O4/c1-5-6-13-16-14(22-17-13)9-18(3)8-11-7-12(10(2)21-11)15(19)20-4/h7H,5-6,8-9H2,1-4H3. The van der Waals surface area contributed by atoms with E-state index >= 15 is 0 Å². The maximum Gasteiger partial charge on any atom is 0.341 e. The van der Waals surface area contributed by atoms with Crippen molar-refractivity contribution in [3.05, 3.63) is 34.9 Å². The first kappa shape index (κ1) is 16.2. The summed E-state index contributed by atoms with van der Waals surface area (Å²) in [7, 11) is 3.27. The predicted octanol–water partition coefficient (Wildman–Crippen LogP) is 2.34. The lowest BCUT2D eigenvalue weighted by Gasteiger charge is -2.11. The van der Waals surface area contributed by atoms with Crippen LogP contribution in [0, 0.1) is 6.92 Å². The minimum Gasteiger partial charge on any atom is -0.465 e. The van der Waals surface area contributed by atoms with Gasteiger partial charge < -0.3 is 13.7 Å². The molecule has 0 spiro atoms. The van der Waals surface area contributed by atoms with E-state index in [0.717, 1.165) is 18.7 Å². The van der Waals surface area contributed by atoms with Crippen LogP contribution in [0.15, 0.2) is 15.0 Å². The molecule has 0 bridgehead atoms. The molecule has 2 aromatic heterocycles. The van der Waals surface area contributed by atoms with Gasteiger partial charge in [-0.05, 0) is 26.5 Å². The van der Waals surface area contributed by atoms with Gasteiger partial charge in [0.2, 0.25) is 5.89 Å². The molecular formula is C15H21N3O4. The summed E-state index contributed by atoms with van der Waals surface area (Å²) in [6, 6.07) is 1.70. The number of furan rings is 1. The molecule has 2 rings (SSSR count). The van der Waals surface area contributed by atoms with Crippen molar-refractivity contribution < 1.29 is 18.5 Å². The number of rotatable bonds is 7. The van der Waals surface area contributed by atoms with Crippen LogP contribution in [0.2, 0.25) is 0 Å². The van der Waals surface area contributed by atoms with Crippen molar-refractivity contribution in [2.45, 2.75) is 39.8 Å². The summed E-state index contributed by atoms with van der Waals surface area (Å²) in [6.07, 6.45) is 1.80. The zero-order chi connectivity index (χ0) is 16.1. The Hall–Kier alpha value is -2.15. The fraction of sp³-hybridized carbons (Fsp3) is 0.533. The van der Waals surface area contributed by atoms with Crippen LogP contribution in [0.25, 0.3) is 0 Å². The average Bonchev–Trinajstić information content (AvgIpc) is 3.05. The van der Waals surface area contributed by atoms with Gasteiger partial charge in [-0.1, -0.05) is 12.1 Å². The Labute approximate surface area is 129 Å². The summed E-state index contributed by atoms with van der Waals surface area (Å²) >= 11 is 0. The maximum atomic E-state index is 11.6. The molecule has 0 aliphatic heterocycles. The second-order valence-electron chi connectivity index (χ2n) is 5.20. The highest BCUT2D eigenvalue weighted by atomic mass is 16.5. The van der Waals surface area contributed by atoms with Crippen LogP contribution in [0.5, 0.6) is 0 Å². The largest absolute Gasteiger partial charge is 0.465 e. The Morgan fingerprint density at radius 2 is 2.18 bits per heavy atom. The van der Waals surface area contributed by atoms with Gasteiger partial charge in [0, 0.05) is 6.42 Å². The van der Waals surface area contributed by atoms with E-state index in [9.17, 15) is 4.79 Å². The van der Waals surface area contributed by atoms with Gasteiger partial charge in [-0.15, -0.1) is 0 Å². The van der Waals surface area contributed by atoms with Crippen molar-refractivity contribution in [2.75, 3.05) is 14.2 Å². The minimum atomic E-state index is -0.392. The van der Waals surface area contributed by atoms with Gasteiger partial charge in [-0.3, -0.25) is 4.90 Å². The highest BCUT2D eigenvalue weighted by Gasteiger charge is 2.17. The van der Waals surface area contributed by atoms with Crippen LogP contribution in [0.1, 0.15) is 46.9 Å². The van der Waals surface area contributed by atoms with E-state index < -0.39 is 5.97 Å². The molecule has 0 radical (unpaired) electrons. The lowest BCUT2D eigenvalue weighted by molar-refractivity contribution is 0.0599. The van der Waals surface area contributed by atoms with Gasteiger partial charge in [-0.25, -0.2) is 4.79 Å². The number of hydrogen-bond acceptors (Lipinski definition) is 7. The van der Waals surface area contributed by atoms with Gasteiger partial charge in [0.05, 0.1) is 20.2 Å². The first-order valence-corrected chi connectivity index (χ1v) is 7.21. The summed E-state index contributed by atoms with van der Waals surface area (Å²) in [6.45, 7) is 4.86. The van der Waals surface area contributed by atoms with Crippen LogP contribution in [-0.4, -0.2) is 35.2 Å². The number of methoxy groups -OCH3 is 1. The highest BCUT2D eigenvalue weighted by molar-refractivity contribution is 5.90. The predicted molar refractivity (Wildman–Crippen MR) is 78.2 cm³/mol. The van der Waals surface area contributed by atoms with E-state index in [1.807, 2.05) is 11.9 Å². The van der Waals surface area contributed by atoms with Crippen LogP contribution in [0.4, 0.5) is 0 Å². The second-order valence-corrected chi connectivity index (χ2v) is 5.20. The van der Waals surface area contributed by atoms with Crippen molar-refractivity contribution in [3.63, 3.8) is 0 Å². The summed E-state index contributed by atoms with van der Waals surface area (Å²) in [5, 5.41) is 3.92. The number of hydrogen-bond donors (Lipinski definition) is 0. The number of carbonyl (C=O) groups excluding carboxylic acids is 1. The smallest absolute Gasteiger partial charge is 0.341 e. The molecule has 0 fully saturated rings. The Morgan fingerprint density at radius 3 is 2.86 bits per heavy atom. The summed E-state index contributed by atoms with van der Waals surface area (Å²) in [5.74, 6) is 2.15. The fourth-order valence-electron chi connectivity index (χ4n) is 2.17. The van der Waals surface area contributed by atoms with E-state index in [-0.39, 0.29) is 0 Å². The van der Waals surface area contributed by atoms with Crippen LogP contribution in [0.3, 0.4) is 0 Å². The highest BCUT2D eigenvalue weighted by Crippen LogP contribution is 2.17. The first-order valence-electron chi connectivity index (χ1n) is 7.21. The molecule has 0 aliphatic carbocycles. The lowest BCUT2D eigenvalue weighted by atomic mass is 10.2. The summed E-state index contributed by atoms with van der Waals surface area (Å²) in [4.78, 5) is 17.9. The van der Waals surface area contributed by atoms with Crippen molar-refractivity contribution in [1.29, 1.82) is 0 Å². The van der Waals surface area contributed by atoms with E-state index in [2.05, 4.69) is 17.1 Å². The van der Waals surface area contributed by atoms with E-state index in [1.54, 1.807) is 13.0 Å². The van der Waals surface area contributed by atoms with E-state index in [1.165, 1.54) is 7.11 Å². The molecule has 0 aliphatic rings. The molecule has 0 N–H and O–H groups in total. The molecule has 0 amide bonds. The van der Waals surface area contributed by atoms with Crippen molar-refractivity contribution in [1.82, 2.24) is 15.0 Å². The van der Waals surface area contributed by atoms with E-state index in [0.29, 0.717) is 36.1 Å². The molecule has 0 atom stereocenters. The number of aryl methyl sites for hydroxylation is 2. The van der Waals surface area contributed by atoms with Crippen LogP contribution in [-0.2, 0) is 24.2 Å². The molecule has 120 valence electrons. The summed E-state index contributed by atoms with van der Waals surface area (Å²) < 4.78 is 15.5. The summed E-state index contributed by atoms with van der Waals surface area (Å²) in [5.41, 5.74) is 0.453. The zero-order valence-electron chi connectivity index (χ0n) is 13.4. The third-order valence-electron chi connectivity index (χ3n) is 3.19. The zero-order valence-corrected chi connectivity index (χ0v) is 13.4. The first-order chi connectivity index (χ1) is 10.5. The lowest BCUT2D eigenvalue weighted by Crippen LogP contribution is -2.17. The number of esters is 1. The molecule has 2 aromatic rings. The van der Waals surface area contributed by atoms with Gasteiger partial charge in [0.25, 0.3) is 0 Å². The van der Waals surface area contributed by atoms with Crippen molar-refractivity contribution in [2.24, 2.45) is 0 Å². The topological polar surface area (TPSA) is 81.6 Å². The normalized spacial score (nSPS) is 11.1. The third kappa shape index (κ3) is 3.94.